The molecule has 0 saturated carbocycles. The van der Waals surface area contributed by atoms with Gasteiger partial charge in [-0.25, -0.2) is 0 Å². The Morgan fingerprint density at radius 1 is 1.12 bits per heavy atom. The second-order valence-electron chi connectivity index (χ2n) is 6.30. The van der Waals surface area contributed by atoms with Gasteiger partial charge in [0.15, 0.2) is 0 Å². The van der Waals surface area contributed by atoms with E-state index in [0.717, 1.165) is 36.3 Å². The predicted octanol–water partition coefficient (Wildman–Crippen LogP) is 3.99. The van der Waals surface area contributed by atoms with Crippen LogP contribution in [-0.2, 0) is 16.1 Å². The Labute approximate surface area is 154 Å². The van der Waals surface area contributed by atoms with E-state index in [9.17, 15) is 9.59 Å². The summed E-state index contributed by atoms with van der Waals surface area (Å²) in [6, 6.07) is 14.8. The van der Waals surface area contributed by atoms with E-state index >= 15 is 0 Å². The number of hydrogen-bond donors (Lipinski definition) is 1. The fourth-order valence-electron chi connectivity index (χ4n) is 3.05. The monoisotopic (exact) mass is 352 g/mol. The minimum absolute atomic E-state index is 0.151. The number of amides is 2. The van der Waals surface area contributed by atoms with Crippen LogP contribution in [0.2, 0.25) is 0 Å². The van der Waals surface area contributed by atoms with Gasteiger partial charge in [-0.1, -0.05) is 18.2 Å². The number of para-hydroxylation sites is 1. The van der Waals surface area contributed by atoms with Crippen LogP contribution in [-0.4, -0.2) is 25.0 Å². The van der Waals surface area contributed by atoms with Gasteiger partial charge < -0.3 is 15.0 Å². The third-order valence-corrected chi connectivity index (χ3v) is 4.49. The first-order valence-corrected chi connectivity index (χ1v) is 9.06. The molecule has 1 N–H and O–H groups in total. The molecule has 2 aromatic rings. The van der Waals surface area contributed by atoms with Crippen LogP contribution in [0.1, 0.15) is 42.1 Å². The minimum atomic E-state index is -0.175. The van der Waals surface area contributed by atoms with Gasteiger partial charge in [0, 0.05) is 42.1 Å². The zero-order chi connectivity index (χ0) is 18.4. The molecule has 2 aromatic carbocycles. The first-order valence-electron chi connectivity index (χ1n) is 9.06. The van der Waals surface area contributed by atoms with Crippen molar-refractivity contribution in [2.75, 3.05) is 23.4 Å². The van der Waals surface area contributed by atoms with Crippen LogP contribution < -0.4 is 10.2 Å². The third kappa shape index (κ3) is 4.29. The fourth-order valence-corrected chi connectivity index (χ4v) is 3.05. The second-order valence-corrected chi connectivity index (χ2v) is 6.30. The maximum atomic E-state index is 12.6. The first kappa shape index (κ1) is 18.1. The lowest BCUT2D eigenvalue weighted by Crippen LogP contribution is -2.35. The largest absolute Gasteiger partial charge is 0.377 e. The highest BCUT2D eigenvalue weighted by atomic mass is 16.5. The molecule has 1 aliphatic heterocycles. The average Bonchev–Trinajstić information content (AvgIpc) is 2.68. The zero-order valence-electron chi connectivity index (χ0n) is 15.0. The molecule has 0 radical (unpaired) electrons. The van der Waals surface area contributed by atoms with Gasteiger partial charge in [-0.05, 0) is 50.1 Å². The molecular formula is C21H24N2O3. The minimum Gasteiger partial charge on any atom is -0.377 e. The molecule has 1 saturated heterocycles. The summed E-state index contributed by atoms with van der Waals surface area (Å²) < 4.78 is 5.45. The number of anilines is 2. The number of hydrogen-bond acceptors (Lipinski definition) is 3. The fraction of sp³-hybridized carbons (Fsp3) is 0.333. The quantitative estimate of drug-likeness (QED) is 0.855. The van der Waals surface area contributed by atoms with Crippen LogP contribution >= 0.6 is 0 Å². The number of carbonyl (C=O) groups is 2. The van der Waals surface area contributed by atoms with Crippen LogP contribution in [0.25, 0.3) is 0 Å². The Bertz CT molecular complexity index is 771. The Kier molecular flexibility index (Phi) is 6.02. The number of piperidine rings is 1. The summed E-state index contributed by atoms with van der Waals surface area (Å²) in [5.41, 5.74) is 3.10. The van der Waals surface area contributed by atoms with Crippen LogP contribution in [0, 0.1) is 0 Å². The number of benzene rings is 2. The van der Waals surface area contributed by atoms with Gasteiger partial charge in [0.2, 0.25) is 5.91 Å². The van der Waals surface area contributed by atoms with Crippen molar-refractivity contribution < 1.29 is 14.3 Å². The van der Waals surface area contributed by atoms with Crippen molar-refractivity contribution in [2.45, 2.75) is 32.8 Å². The highest BCUT2D eigenvalue weighted by Crippen LogP contribution is 2.22. The molecule has 5 heteroatoms. The lowest BCUT2D eigenvalue weighted by Gasteiger charge is -2.26. The second kappa shape index (κ2) is 8.63. The standard InChI is InChI=1S/C21H24N2O3/c1-2-26-15-17-7-3-4-8-19(17)22-21(25)16-10-12-18(13-11-16)23-14-6-5-9-20(23)24/h3-4,7-8,10-13H,2,5-6,9,14-15H2,1H3,(H,22,25). The molecule has 0 bridgehead atoms. The van der Waals surface area contributed by atoms with E-state index in [1.54, 1.807) is 17.0 Å². The molecule has 0 unspecified atom stereocenters. The molecule has 1 heterocycles. The molecule has 0 atom stereocenters. The number of ether oxygens (including phenoxy) is 1. The van der Waals surface area contributed by atoms with Crippen molar-refractivity contribution in [3.63, 3.8) is 0 Å². The lowest BCUT2D eigenvalue weighted by atomic mass is 10.1. The van der Waals surface area contributed by atoms with Gasteiger partial charge in [0.1, 0.15) is 0 Å². The van der Waals surface area contributed by atoms with Crippen molar-refractivity contribution >= 4 is 23.2 Å². The maximum absolute atomic E-state index is 12.6. The van der Waals surface area contributed by atoms with E-state index in [1.165, 1.54) is 0 Å². The summed E-state index contributed by atoms with van der Waals surface area (Å²) in [4.78, 5) is 26.4. The lowest BCUT2D eigenvalue weighted by molar-refractivity contribution is -0.119. The molecule has 26 heavy (non-hydrogen) atoms. The van der Waals surface area contributed by atoms with Crippen LogP contribution in [0.5, 0.6) is 0 Å². The van der Waals surface area contributed by atoms with E-state index in [1.807, 2.05) is 43.3 Å². The number of rotatable bonds is 6. The van der Waals surface area contributed by atoms with Crippen molar-refractivity contribution in [1.82, 2.24) is 0 Å². The highest BCUT2D eigenvalue weighted by molar-refractivity contribution is 6.05. The summed E-state index contributed by atoms with van der Waals surface area (Å²) in [6.07, 6.45) is 2.57. The predicted molar refractivity (Wildman–Crippen MR) is 102 cm³/mol. The first-order chi connectivity index (χ1) is 12.7. The Morgan fingerprint density at radius 2 is 1.88 bits per heavy atom. The molecule has 0 aliphatic carbocycles. The topological polar surface area (TPSA) is 58.6 Å². The van der Waals surface area contributed by atoms with Crippen LogP contribution in [0.15, 0.2) is 48.5 Å². The number of nitrogens with one attached hydrogen (secondary N) is 1. The third-order valence-electron chi connectivity index (χ3n) is 4.49. The molecule has 1 fully saturated rings. The summed E-state index contributed by atoms with van der Waals surface area (Å²) in [5.74, 6) is -0.0243. The van der Waals surface area contributed by atoms with Gasteiger partial charge in [-0.3, -0.25) is 9.59 Å². The van der Waals surface area contributed by atoms with Crippen LogP contribution in [0.3, 0.4) is 0 Å². The smallest absolute Gasteiger partial charge is 0.255 e. The normalized spacial score (nSPS) is 14.3. The SMILES string of the molecule is CCOCc1ccccc1NC(=O)c1ccc(N2CCCCC2=O)cc1. The molecule has 3 rings (SSSR count). The molecule has 1 aliphatic rings. The molecule has 136 valence electrons. The molecule has 0 aromatic heterocycles. The van der Waals surface area contributed by atoms with E-state index in [4.69, 9.17) is 4.74 Å². The Balaban J connectivity index is 1.70. The van der Waals surface area contributed by atoms with Crippen molar-refractivity contribution in [3.05, 3.63) is 59.7 Å². The number of nitrogens with zero attached hydrogens (tertiary/aromatic N) is 1. The highest BCUT2D eigenvalue weighted by Gasteiger charge is 2.19. The van der Waals surface area contributed by atoms with Gasteiger partial charge in [0.05, 0.1) is 6.61 Å². The maximum Gasteiger partial charge on any atom is 0.255 e. The van der Waals surface area contributed by atoms with Gasteiger partial charge in [-0.15, -0.1) is 0 Å². The van der Waals surface area contributed by atoms with Gasteiger partial charge in [-0.2, -0.15) is 0 Å². The summed E-state index contributed by atoms with van der Waals surface area (Å²) in [6.45, 7) is 3.77. The molecular weight excluding hydrogens is 328 g/mol. The van der Waals surface area contributed by atoms with Crippen LogP contribution in [0.4, 0.5) is 11.4 Å². The van der Waals surface area contributed by atoms with Crippen molar-refractivity contribution in [3.8, 4) is 0 Å². The van der Waals surface area contributed by atoms with Gasteiger partial charge >= 0.3 is 0 Å². The Morgan fingerprint density at radius 3 is 2.62 bits per heavy atom. The van der Waals surface area contributed by atoms with Crippen molar-refractivity contribution in [1.29, 1.82) is 0 Å². The van der Waals surface area contributed by atoms with E-state index < -0.39 is 0 Å². The summed E-state index contributed by atoms with van der Waals surface area (Å²) in [5, 5.41) is 2.94. The van der Waals surface area contributed by atoms with E-state index in [-0.39, 0.29) is 11.8 Å². The van der Waals surface area contributed by atoms with Crippen molar-refractivity contribution in [2.24, 2.45) is 0 Å². The summed E-state index contributed by atoms with van der Waals surface area (Å²) in [7, 11) is 0. The molecule has 0 spiro atoms. The molecule has 2 amide bonds. The zero-order valence-corrected chi connectivity index (χ0v) is 15.0. The average molecular weight is 352 g/mol. The number of carbonyl (C=O) groups excluding carboxylic acids is 2. The molecule has 5 nitrogen and oxygen atoms in total. The van der Waals surface area contributed by atoms with E-state index in [2.05, 4.69) is 5.32 Å². The summed E-state index contributed by atoms with van der Waals surface area (Å²) >= 11 is 0. The van der Waals surface area contributed by atoms with Gasteiger partial charge in [0.25, 0.3) is 5.91 Å². The van der Waals surface area contributed by atoms with E-state index in [0.29, 0.717) is 25.2 Å². The Hall–Kier alpha value is -2.66.